The summed E-state index contributed by atoms with van der Waals surface area (Å²) in [6, 6.07) is 13.7. The highest BCUT2D eigenvalue weighted by Crippen LogP contribution is 2.24. The molecule has 2 atom stereocenters. The van der Waals surface area contributed by atoms with Crippen LogP contribution in [0.4, 0.5) is 0 Å². The number of hydrogen-bond donors (Lipinski definition) is 1. The summed E-state index contributed by atoms with van der Waals surface area (Å²) < 4.78 is 13.7. The van der Waals surface area contributed by atoms with E-state index in [9.17, 15) is 4.79 Å². The lowest BCUT2D eigenvalue weighted by atomic mass is 9.96. The first-order valence-corrected chi connectivity index (χ1v) is 10.6. The van der Waals surface area contributed by atoms with Crippen LogP contribution in [-0.4, -0.2) is 33.6 Å². The first-order valence-electron chi connectivity index (χ1n) is 10.6. The Labute approximate surface area is 181 Å². The lowest BCUT2D eigenvalue weighted by Crippen LogP contribution is -2.15. The van der Waals surface area contributed by atoms with Crippen molar-refractivity contribution in [3.05, 3.63) is 59.8 Å². The van der Waals surface area contributed by atoms with E-state index in [4.69, 9.17) is 14.6 Å². The Balaban J connectivity index is 1.39. The highest BCUT2D eigenvalue weighted by Gasteiger charge is 2.17. The van der Waals surface area contributed by atoms with Crippen LogP contribution in [-0.2, 0) is 22.7 Å². The van der Waals surface area contributed by atoms with Crippen LogP contribution in [0.5, 0.6) is 5.75 Å². The van der Waals surface area contributed by atoms with Gasteiger partial charge in [-0.25, -0.2) is 0 Å². The zero-order chi connectivity index (χ0) is 21.6. The predicted molar refractivity (Wildman–Crippen MR) is 118 cm³/mol. The number of hydrogen-bond acceptors (Lipinski definition) is 4. The summed E-state index contributed by atoms with van der Waals surface area (Å²) in [5.74, 6) is 5.33. The van der Waals surface area contributed by atoms with Crippen LogP contribution in [0.3, 0.4) is 0 Å². The standard InChI is InChI=1S/C25H26N2O4/c1-2-4-20(14-25(28)29)19-7-9-22(10-8-19)31-17-18-6-11-24-21(13-18)15-26-27(24)16-23-5-3-12-30-23/h6-11,13,15,20,23H,3,5,12,14,16-17H2,1H3,(H,28,29)/t20-,23?/m0/s1. The number of rotatable bonds is 8. The summed E-state index contributed by atoms with van der Waals surface area (Å²) in [5, 5.41) is 14.7. The van der Waals surface area contributed by atoms with Crippen molar-refractivity contribution < 1.29 is 19.4 Å². The van der Waals surface area contributed by atoms with Crippen LogP contribution in [0.2, 0.25) is 0 Å². The van der Waals surface area contributed by atoms with E-state index in [1.54, 1.807) is 6.92 Å². The van der Waals surface area contributed by atoms with E-state index >= 15 is 0 Å². The molecular formula is C25H26N2O4. The van der Waals surface area contributed by atoms with Gasteiger partial charge in [0.1, 0.15) is 12.4 Å². The number of nitrogens with zero attached hydrogens (tertiary/aromatic N) is 2. The SMILES string of the molecule is CC#C[C@@H](CC(=O)O)c1ccc(OCc2ccc3c(cnn3CC3CCCO3)c2)cc1. The van der Waals surface area contributed by atoms with E-state index in [1.807, 2.05) is 35.1 Å². The minimum absolute atomic E-state index is 0.0123. The molecule has 1 aliphatic heterocycles. The first-order chi connectivity index (χ1) is 15.1. The van der Waals surface area contributed by atoms with Gasteiger partial charge in [0, 0.05) is 12.0 Å². The summed E-state index contributed by atoms with van der Waals surface area (Å²) in [5.41, 5.74) is 3.04. The second-order valence-corrected chi connectivity index (χ2v) is 7.76. The Morgan fingerprint density at radius 1 is 1.32 bits per heavy atom. The molecule has 31 heavy (non-hydrogen) atoms. The Bertz CT molecular complexity index is 1100. The van der Waals surface area contributed by atoms with Crippen molar-refractivity contribution in [3.63, 3.8) is 0 Å². The fourth-order valence-electron chi connectivity index (χ4n) is 3.92. The molecule has 6 heteroatoms. The second-order valence-electron chi connectivity index (χ2n) is 7.76. The molecule has 0 radical (unpaired) electrons. The lowest BCUT2D eigenvalue weighted by molar-refractivity contribution is -0.137. The van der Waals surface area contributed by atoms with E-state index in [1.165, 1.54) is 0 Å². The predicted octanol–water partition coefficient (Wildman–Crippen LogP) is 4.38. The largest absolute Gasteiger partial charge is 0.489 e. The van der Waals surface area contributed by atoms with Crippen molar-refractivity contribution >= 4 is 16.9 Å². The molecule has 1 unspecified atom stereocenters. The van der Waals surface area contributed by atoms with Gasteiger partial charge in [0.25, 0.3) is 0 Å². The molecule has 1 N–H and O–H groups in total. The van der Waals surface area contributed by atoms with E-state index in [0.717, 1.165) is 53.8 Å². The van der Waals surface area contributed by atoms with Gasteiger partial charge in [-0.3, -0.25) is 9.48 Å². The summed E-state index contributed by atoms with van der Waals surface area (Å²) >= 11 is 0. The second kappa shape index (κ2) is 9.67. The van der Waals surface area contributed by atoms with Crippen molar-refractivity contribution in [1.82, 2.24) is 9.78 Å². The third kappa shape index (κ3) is 5.25. The highest BCUT2D eigenvalue weighted by atomic mass is 16.5. The van der Waals surface area contributed by atoms with Gasteiger partial charge in [-0.1, -0.05) is 24.1 Å². The Morgan fingerprint density at radius 3 is 2.87 bits per heavy atom. The normalized spacial score (nSPS) is 16.6. The van der Waals surface area contributed by atoms with Crippen molar-refractivity contribution in [2.45, 2.75) is 51.4 Å². The van der Waals surface area contributed by atoms with E-state index < -0.39 is 5.97 Å². The molecule has 6 nitrogen and oxygen atoms in total. The molecule has 0 spiro atoms. The lowest BCUT2D eigenvalue weighted by Gasteiger charge is -2.11. The molecule has 2 heterocycles. The maximum atomic E-state index is 11.1. The van der Waals surface area contributed by atoms with Gasteiger partial charge in [-0.2, -0.15) is 5.10 Å². The fraction of sp³-hybridized carbons (Fsp3) is 0.360. The van der Waals surface area contributed by atoms with Crippen molar-refractivity contribution in [2.75, 3.05) is 6.61 Å². The number of carbonyl (C=O) groups is 1. The zero-order valence-corrected chi connectivity index (χ0v) is 17.6. The summed E-state index contributed by atoms with van der Waals surface area (Å²) in [6.45, 7) is 3.80. The van der Waals surface area contributed by atoms with Crippen LogP contribution in [0.1, 0.15) is 43.2 Å². The van der Waals surface area contributed by atoms with E-state index in [2.05, 4.69) is 35.1 Å². The van der Waals surface area contributed by atoms with Gasteiger partial charge in [0.2, 0.25) is 0 Å². The monoisotopic (exact) mass is 418 g/mol. The molecule has 2 aromatic carbocycles. The molecule has 0 aliphatic carbocycles. The molecule has 1 fully saturated rings. The smallest absolute Gasteiger partial charge is 0.304 e. The molecule has 1 saturated heterocycles. The quantitative estimate of drug-likeness (QED) is 0.550. The minimum atomic E-state index is -0.859. The van der Waals surface area contributed by atoms with Gasteiger partial charge in [0.15, 0.2) is 0 Å². The van der Waals surface area contributed by atoms with Gasteiger partial charge >= 0.3 is 5.97 Å². The number of ether oxygens (including phenoxy) is 2. The number of carboxylic acid groups (broad SMARTS) is 1. The van der Waals surface area contributed by atoms with Crippen LogP contribution in [0.25, 0.3) is 10.9 Å². The van der Waals surface area contributed by atoms with Crippen molar-refractivity contribution in [1.29, 1.82) is 0 Å². The minimum Gasteiger partial charge on any atom is -0.489 e. The van der Waals surface area contributed by atoms with Crippen LogP contribution >= 0.6 is 0 Å². The Morgan fingerprint density at radius 2 is 2.16 bits per heavy atom. The van der Waals surface area contributed by atoms with Crippen LogP contribution in [0, 0.1) is 11.8 Å². The molecule has 1 aliphatic rings. The summed E-state index contributed by atoms with van der Waals surface area (Å²) in [6.07, 6.45) is 4.35. The highest BCUT2D eigenvalue weighted by molar-refractivity contribution is 5.79. The molecule has 3 aromatic rings. The molecule has 0 saturated carbocycles. The first kappa shape index (κ1) is 21.0. The maximum Gasteiger partial charge on any atom is 0.304 e. The number of fused-ring (bicyclic) bond motifs is 1. The number of carboxylic acids is 1. The summed E-state index contributed by atoms with van der Waals surface area (Å²) in [7, 11) is 0. The number of aromatic nitrogens is 2. The molecule has 0 bridgehead atoms. The molecule has 160 valence electrons. The number of aliphatic carboxylic acids is 1. The third-order valence-electron chi connectivity index (χ3n) is 5.49. The Kier molecular flexibility index (Phi) is 6.54. The fourth-order valence-corrected chi connectivity index (χ4v) is 3.92. The van der Waals surface area contributed by atoms with E-state index in [0.29, 0.717) is 6.61 Å². The topological polar surface area (TPSA) is 73.6 Å². The average molecular weight is 418 g/mol. The van der Waals surface area contributed by atoms with Crippen molar-refractivity contribution in [2.24, 2.45) is 0 Å². The van der Waals surface area contributed by atoms with Crippen molar-refractivity contribution in [3.8, 4) is 17.6 Å². The van der Waals surface area contributed by atoms with Crippen LogP contribution < -0.4 is 4.74 Å². The molecule has 0 amide bonds. The van der Waals surface area contributed by atoms with Crippen LogP contribution in [0.15, 0.2) is 48.7 Å². The van der Waals surface area contributed by atoms with Gasteiger partial charge in [-0.15, -0.1) is 5.92 Å². The van der Waals surface area contributed by atoms with Gasteiger partial charge in [-0.05, 0) is 55.2 Å². The summed E-state index contributed by atoms with van der Waals surface area (Å²) in [4.78, 5) is 11.1. The van der Waals surface area contributed by atoms with E-state index in [-0.39, 0.29) is 18.4 Å². The maximum absolute atomic E-state index is 11.1. The van der Waals surface area contributed by atoms with Gasteiger partial charge < -0.3 is 14.6 Å². The Hall–Kier alpha value is -3.30. The van der Waals surface area contributed by atoms with Gasteiger partial charge in [0.05, 0.1) is 36.7 Å². The molecule has 1 aromatic heterocycles. The zero-order valence-electron chi connectivity index (χ0n) is 17.6. The molecule has 4 rings (SSSR count). The average Bonchev–Trinajstić information content (AvgIpc) is 3.42. The molecular weight excluding hydrogens is 392 g/mol. The number of benzene rings is 2. The third-order valence-corrected chi connectivity index (χ3v) is 5.49.